The Morgan fingerprint density at radius 2 is 1.66 bits per heavy atom. The van der Waals surface area contributed by atoms with E-state index in [0.717, 1.165) is 50.2 Å². The molecular formula is C32H35NO5. The van der Waals surface area contributed by atoms with Crippen LogP contribution in [0, 0.1) is 6.92 Å². The van der Waals surface area contributed by atoms with Crippen LogP contribution in [0.5, 0.6) is 5.75 Å². The van der Waals surface area contributed by atoms with Crippen LogP contribution in [0.3, 0.4) is 0 Å². The Morgan fingerprint density at radius 3 is 2.37 bits per heavy atom. The first-order valence-electron chi connectivity index (χ1n) is 13.2. The molecule has 0 atom stereocenters. The lowest BCUT2D eigenvalue weighted by Gasteiger charge is -2.20. The van der Waals surface area contributed by atoms with Crippen molar-refractivity contribution in [2.75, 3.05) is 33.4 Å². The van der Waals surface area contributed by atoms with Crippen LogP contribution in [0.1, 0.15) is 41.3 Å². The zero-order chi connectivity index (χ0) is 26.9. The van der Waals surface area contributed by atoms with Crippen molar-refractivity contribution in [3.05, 3.63) is 99.7 Å². The van der Waals surface area contributed by atoms with Crippen LogP contribution in [-0.2, 0) is 11.2 Å². The van der Waals surface area contributed by atoms with Gasteiger partial charge >= 0.3 is 5.97 Å². The topological polar surface area (TPSA) is 69.0 Å². The van der Waals surface area contributed by atoms with Crippen molar-refractivity contribution in [1.82, 2.24) is 4.90 Å². The Bertz CT molecular complexity index is 1410. The molecule has 38 heavy (non-hydrogen) atoms. The molecule has 0 aliphatic rings. The van der Waals surface area contributed by atoms with E-state index in [1.54, 1.807) is 32.2 Å². The van der Waals surface area contributed by atoms with Crippen molar-refractivity contribution in [3.63, 3.8) is 0 Å². The van der Waals surface area contributed by atoms with Gasteiger partial charge in [-0.1, -0.05) is 55.5 Å². The number of para-hydroxylation sites is 1. The number of esters is 1. The SMILES string of the molecule is CCN(CCCOC(=O)c1cccc2c(=O)c(C)c(-c3ccccc3)oc12)CCCc1ccc(OC)cc1. The van der Waals surface area contributed by atoms with Crippen LogP contribution >= 0.6 is 0 Å². The molecule has 0 saturated heterocycles. The van der Waals surface area contributed by atoms with Crippen LogP contribution in [0.25, 0.3) is 22.3 Å². The van der Waals surface area contributed by atoms with Gasteiger partial charge in [-0.3, -0.25) is 4.79 Å². The largest absolute Gasteiger partial charge is 0.497 e. The van der Waals surface area contributed by atoms with Crippen molar-refractivity contribution in [2.24, 2.45) is 0 Å². The van der Waals surface area contributed by atoms with E-state index in [1.165, 1.54) is 5.56 Å². The molecule has 3 aromatic carbocycles. The highest BCUT2D eigenvalue weighted by molar-refractivity contribution is 6.02. The van der Waals surface area contributed by atoms with E-state index < -0.39 is 5.97 Å². The van der Waals surface area contributed by atoms with Gasteiger partial charge in [-0.25, -0.2) is 4.79 Å². The molecule has 0 saturated carbocycles. The molecule has 4 aromatic rings. The number of rotatable bonds is 12. The van der Waals surface area contributed by atoms with Crippen molar-refractivity contribution in [1.29, 1.82) is 0 Å². The summed E-state index contributed by atoms with van der Waals surface area (Å²) < 4.78 is 17.0. The predicted molar refractivity (Wildman–Crippen MR) is 151 cm³/mol. The molecule has 0 aliphatic carbocycles. The van der Waals surface area contributed by atoms with E-state index in [0.29, 0.717) is 23.3 Å². The quantitative estimate of drug-likeness (QED) is 0.164. The van der Waals surface area contributed by atoms with Crippen molar-refractivity contribution >= 4 is 16.9 Å². The van der Waals surface area contributed by atoms with Crippen LogP contribution in [-0.4, -0.2) is 44.2 Å². The van der Waals surface area contributed by atoms with Crippen LogP contribution < -0.4 is 10.2 Å². The van der Waals surface area contributed by atoms with E-state index in [2.05, 4.69) is 24.0 Å². The zero-order valence-electron chi connectivity index (χ0n) is 22.4. The number of carbonyl (C=O) groups is 1. The summed E-state index contributed by atoms with van der Waals surface area (Å²) in [6.07, 6.45) is 2.79. The Balaban J connectivity index is 1.34. The van der Waals surface area contributed by atoms with Gasteiger partial charge in [0.2, 0.25) is 0 Å². The highest BCUT2D eigenvalue weighted by Crippen LogP contribution is 2.27. The maximum atomic E-state index is 13.0. The normalized spacial score (nSPS) is 11.2. The van der Waals surface area contributed by atoms with E-state index in [-0.39, 0.29) is 16.6 Å². The minimum Gasteiger partial charge on any atom is -0.497 e. The number of carbonyl (C=O) groups excluding carboxylic acids is 1. The molecule has 6 nitrogen and oxygen atoms in total. The predicted octanol–water partition coefficient (Wildman–Crippen LogP) is 6.28. The number of ether oxygens (including phenoxy) is 2. The van der Waals surface area contributed by atoms with E-state index in [4.69, 9.17) is 13.9 Å². The molecule has 0 unspecified atom stereocenters. The highest BCUT2D eigenvalue weighted by atomic mass is 16.5. The van der Waals surface area contributed by atoms with E-state index in [1.807, 2.05) is 42.5 Å². The van der Waals surface area contributed by atoms with Gasteiger partial charge in [-0.2, -0.15) is 0 Å². The lowest BCUT2D eigenvalue weighted by atomic mass is 10.0. The first-order chi connectivity index (χ1) is 18.5. The molecule has 0 fully saturated rings. The summed E-state index contributed by atoms with van der Waals surface area (Å²) in [6.45, 7) is 6.94. The lowest BCUT2D eigenvalue weighted by molar-refractivity contribution is 0.0489. The molecule has 1 aromatic heterocycles. The second-order valence-electron chi connectivity index (χ2n) is 9.31. The summed E-state index contributed by atoms with van der Waals surface area (Å²) in [5.74, 6) is 0.858. The number of nitrogens with zero attached hydrogens (tertiary/aromatic N) is 1. The summed E-state index contributed by atoms with van der Waals surface area (Å²) in [5.41, 5.74) is 2.99. The molecular weight excluding hydrogens is 478 g/mol. The van der Waals surface area contributed by atoms with Crippen molar-refractivity contribution in [3.8, 4) is 17.1 Å². The Kier molecular flexibility index (Phi) is 9.33. The van der Waals surface area contributed by atoms with E-state index in [9.17, 15) is 9.59 Å². The van der Waals surface area contributed by atoms with E-state index >= 15 is 0 Å². The summed E-state index contributed by atoms with van der Waals surface area (Å²) in [4.78, 5) is 28.4. The van der Waals surface area contributed by atoms with Gasteiger partial charge in [-0.05, 0) is 69.1 Å². The fourth-order valence-electron chi connectivity index (χ4n) is 4.59. The summed E-state index contributed by atoms with van der Waals surface area (Å²) in [5, 5.41) is 0.380. The Morgan fingerprint density at radius 1 is 0.921 bits per heavy atom. The molecule has 0 radical (unpaired) electrons. The van der Waals surface area contributed by atoms with Gasteiger partial charge < -0.3 is 18.8 Å². The molecule has 0 spiro atoms. The number of fused-ring (bicyclic) bond motifs is 1. The number of methoxy groups -OCH3 is 1. The minimum absolute atomic E-state index is 0.145. The molecule has 0 N–H and O–H groups in total. The van der Waals surface area contributed by atoms with Crippen LogP contribution in [0.15, 0.2) is 82.0 Å². The van der Waals surface area contributed by atoms with Gasteiger partial charge in [0.05, 0.1) is 19.1 Å². The van der Waals surface area contributed by atoms with Crippen LogP contribution in [0.2, 0.25) is 0 Å². The Hall–Kier alpha value is -3.90. The number of hydrogen-bond acceptors (Lipinski definition) is 6. The third-order valence-electron chi connectivity index (χ3n) is 6.80. The maximum Gasteiger partial charge on any atom is 0.341 e. The second-order valence-corrected chi connectivity index (χ2v) is 9.31. The summed E-state index contributed by atoms with van der Waals surface area (Å²) in [6, 6.07) is 22.7. The molecule has 4 rings (SSSR count). The fourth-order valence-corrected chi connectivity index (χ4v) is 4.59. The first kappa shape index (κ1) is 27.1. The van der Waals surface area contributed by atoms with Gasteiger partial charge in [0.1, 0.15) is 17.1 Å². The zero-order valence-corrected chi connectivity index (χ0v) is 22.4. The maximum absolute atomic E-state index is 13.0. The van der Waals surface area contributed by atoms with Crippen LogP contribution in [0.4, 0.5) is 0 Å². The standard InChI is InChI=1S/C32H35NO5/c1-4-33(20-9-11-24-16-18-26(36-3)19-17-24)21-10-22-37-32(35)28-15-8-14-27-29(34)23(2)30(38-31(27)28)25-12-6-5-7-13-25/h5-8,12-19H,4,9-11,20-22H2,1-3H3. The number of hydrogen-bond donors (Lipinski definition) is 0. The van der Waals surface area contributed by atoms with Gasteiger partial charge in [-0.15, -0.1) is 0 Å². The molecule has 0 bridgehead atoms. The molecule has 1 heterocycles. The van der Waals surface area contributed by atoms with Gasteiger partial charge in [0.15, 0.2) is 11.0 Å². The fraction of sp³-hybridized carbons (Fsp3) is 0.312. The van der Waals surface area contributed by atoms with Crippen molar-refractivity contribution < 1.29 is 18.7 Å². The molecule has 198 valence electrons. The van der Waals surface area contributed by atoms with Crippen molar-refractivity contribution in [2.45, 2.75) is 33.1 Å². The third-order valence-corrected chi connectivity index (χ3v) is 6.80. The lowest BCUT2D eigenvalue weighted by Crippen LogP contribution is -2.27. The average Bonchev–Trinajstić information content (AvgIpc) is 2.96. The smallest absolute Gasteiger partial charge is 0.341 e. The van der Waals surface area contributed by atoms with Gasteiger partial charge in [0, 0.05) is 17.7 Å². The average molecular weight is 514 g/mol. The summed E-state index contributed by atoms with van der Waals surface area (Å²) in [7, 11) is 1.67. The molecule has 0 amide bonds. The first-order valence-corrected chi connectivity index (χ1v) is 13.2. The van der Waals surface area contributed by atoms with Gasteiger partial charge in [0.25, 0.3) is 0 Å². The number of benzene rings is 3. The number of aryl methyl sites for hydroxylation is 1. The highest BCUT2D eigenvalue weighted by Gasteiger charge is 2.19. The minimum atomic E-state index is -0.482. The Labute approximate surface area is 223 Å². The third kappa shape index (κ3) is 6.50. The molecule has 0 aliphatic heterocycles. The molecule has 6 heteroatoms. The summed E-state index contributed by atoms with van der Waals surface area (Å²) >= 11 is 0. The second kappa shape index (κ2) is 13.1. The monoisotopic (exact) mass is 513 g/mol.